The first kappa shape index (κ1) is 30.0. The maximum Gasteiger partial charge on any atom is 0.254 e. The number of fused-ring (bicyclic) bond motifs is 2. The first-order valence-corrected chi connectivity index (χ1v) is 16.1. The highest BCUT2D eigenvalue weighted by atomic mass is 32.2. The maximum absolute atomic E-state index is 14.1. The minimum atomic E-state index is -1.57. The number of carbonyl (C=O) groups excluding carboxylic acids is 3. The van der Waals surface area contributed by atoms with Gasteiger partial charge < -0.3 is 30.7 Å². The lowest BCUT2D eigenvalue weighted by atomic mass is 9.95. The number of carbonyl (C=O) groups is 3. The number of aliphatic hydroxyl groups excluding tert-OH is 1. The highest BCUT2D eigenvalue weighted by Gasteiger charge is 2.50. The second-order valence-electron chi connectivity index (χ2n) is 12.0. The van der Waals surface area contributed by atoms with Crippen LogP contribution in [0.15, 0.2) is 72.8 Å². The van der Waals surface area contributed by atoms with Crippen molar-refractivity contribution in [3.8, 4) is 5.75 Å². The standard InChI is InChI=1S/C34H38N4O5S/c1-34(2)30(32(41)36-26-16-18-43-28-14-7-6-11-24(26)28)38(20-44-34)33(42)29(39)27(19-21-9-4-3-5-10-21)37-31(40)23-12-8-13-25-22(23)15-17-35-25/h3-14,26-27,29-30,35,39H,15-20H2,1-2H3,(H,36,41)(H,37,40)/t26-,27+,29+,30-/m1/s1. The largest absolute Gasteiger partial charge is 0.493 e. The average Bonchev–Trinajstić information content (AvgIpc) is 3.64. The molecule has 3 aromatic rings. The summed E-state index contributed by atoms with van der Waals surface area (Å²) >= 11 is 1.49. The second kappa shape index (κ2) is 12.5. The summed E-state index contributed by atoms with van der Waals surface area (Å²) in [7, 11) is 0. The van der Waals surface area contributed by atoms with Crippen LogP contribution < -0.4 is 20.7 Å². The molecule has 6 rings (SSSR count). The first-order chi connectivity index (χ1) is 21.2. The monoisotopic (exact) mass is 614 g/mol. The van der Waals surface area contributed by atoms with Crippen LogP contribution in [0.5, 0.6) is 5.75 Å². The van der Waals surface area contributed by atoms with Gasteiger partial charge in [-0.3, -0.25) is 14.4 Å². The zero-order chi connectivity index (χ0) is 30.8. The van der Waals surface area contributed by atoms with Gasteiger partial charge in [0, 0.05) is 34.5 Å². The fraction of sp³-hybridized carbons (Fsp3) is 0.382. The molecule has 3 aromatic carbocycles. The van der Waals surface area contributed by atoms with Gasteiger partial charge in [0.05, 0.1) is 24.6 Å². The van der Waals surface area contributed by atoms with Crippen molar-refractivity contribution >= 4 is 35.2 Å². The molecule has 0 aromatic heterocycles. The molecule has 0 aliphatic carbocycles. The third-order valence-corrected chi connectivity index (χ3v) is 10.1. The van der Waals surface area contributed by atoms with Crippen LogP contribution in [0.4, 0.5) is 5.69 Å². The van der Waals surface area contributed by atoms with E-state index in [0.717, 1.165) is 41.1 Å². The zero-order valence-corrected chi connectivity index (χ0v) is 25.7. The number of hydrogen-bond donors (Lipinski definition) is 4. The fourth-order valence-corrected chi connectivity index (χ4v) is 7.55. The predicted molar refractivity (Wildman–Crippen MR) is 171 cm³/mol. The van der Waals surface area contributed by atoms with Crippen LogP contribution >= 0.6 is 11.8 Å². The molecule has 3 amide bonds. The summed E-state index contributed by atoms with van der Waals surface area (Å²) in [6.07, 6.45) is 0.0110. The normalized spacial score (nSPS) is 21.2. The Morgan fingerprint density at radius 2 is 1.84 bits per heavy atom. The SMILES string of the molecule is CC1(C)SCN(C(=O)[C@@H](O)[C@H](Cc2ccccc2)NC(=O)c2cccc3c2CCN3)[C@@H]1C(=O)N[C@@H]1CCOc2ccccc21. The van der Waals surface area contributed by atoms with Gasteiger partial charge >= 0.3 is 0 Å². The number of ether oxygens (including phenoxy) is 1. The van der Waals surface area contributed by atoms with Gasteiger partial charge in [0.25, 0.3) is 11.8 Å². The molecule has 3 aliphatic rings. The van der Waals surface area contributed by atoms with E-state index in [9.17, 15) is 19.5 Å². The van der Waals surface area contributed by atoms with Crippen molar-refractivity contribution in [1.82, 2.24) is 15.5 Å². The summed E-state index contributed by atoms with van der Waals surface area (Å²) in [5.74, 6) is -0.223. The molecule has 4 N–H and O–H groups in total. The van der Waals surface area contributed by atoms with E-state index < -0.39 is 28.8 Å². The van der Waals surface area contributed by atoms with Crippen LogP contribution in [0, 0.1) is 0 Å². The van der Waals surface area contributed by atoms with Gasteiger partial charge in [0.15, 0.2) is 6.10 Å². The lowest BCUT2D eigenvalue weighted by Crippen LogP contribution is -2.59. The molecule has 0 unspecified atom stereocenters. The van der Waals surface area contributed by atoms with Gasteiger partial charge in [-0.2, -0.15) is 0 Å². The Kier molecular flexibility index (Phi) is 8.55. The number of thioether (sulfide) groups is 1. The highest BCUT2D eigenvalue weighted by Crippen LogP contribution is 2.41. The van der Waals surface area contributed by atoms with Crippen LogP contribution in [-0.2, 0) is 22.4 Å². The van der Waals surface area contributed by atoms with Crippen LogP contribution in [0.25, 0.3) is 0 Å². The van der Waals surface area contributed by atoms with Gasteiger partial charge in [0.1, 0.15) is 11.8 Å². The van der Waals surface area contributed by atoms with E-state index in [-0.39, 0.29) is 30.2 Å². The molecule has 0 bridgehead atoms. The Labute approximate surface area is 261 Å². The van der Waals surface area contributed by atoms with Crippen LogP contribution in [0.2, 0.25) is 0 Å². The molecular formula is C34H38N4O5S. The van der Waals surface area contributed by atoms with Gasteiger partial charge in [-0.15, -0.1) is 11.8 Å². The van der Waals surface area contributed by atoms with Crippen molar-refractivity contribution < 1.29 is 24.2 Å². The number of aliphatic hydroxyl groups is 1. The molecule has 3 heterocycles. The van der Waals surface area contributed by atoms with Gasteiger partial charge in [0.2, 0.25) is 5.91 Å². The Morgan fingerprint density at radius 3 is 2.66 bits per heavy atom. The van der Waals surface area contributed by atoms with Gasteiger partial charge in [-0.1, -0.05) is 54.6 Å². The molecule has 4 atom stereocenters. The number of hydrogen-bond acceptors (Lipinski definition) is 7. The molecule has 44 heavy (non-hydrogen) atoms. The lowest BCUT2D eigenvalue weighted by molar-refractivity contribution is -0.147. The Hall–Kier alpha value is -4.02. The molecular weight excluding hydrogens is 576 g/mol. The van der Waals surface area contributed by atoms with Crippen molar-refractivity contribution in [2.75, 3.05) is 24.3 Å². The Morgan fingerprint density at radius 1 is 1.07 bits per heavy atom. The molecule has 9 nitrogen and oxygen atoms in total. The van der Waals surface area contributed by atoms with Crippen LogP contribution in [0.3, 0.4) is 0 Å². The Bertz CT molecular complexity index is 1550. The van der Waals surface area contributed by atoms with E-state index in [4.69, 9.17) is 4.74 Å². The minimum Gasteiger partial charge on any atom is -0.493 e. The lowest BCUT2D eigenvalue weighted by Gasteiger charge is -2.35. The highest BCUT2D eigenvalue weighted by molar-refractivity contribution is 8.00. The quantitative estimate of drug-likeness (QED) is 0.306. The third kappa shape index (κ3) is 6.01. The Balaban J connectivity index is 1.23. The number of rotatable bonds is 8. The summed E-state index contributed by atoms with van der Waals surface area (Å²) in [5.41, 5.74) is 4.14. The summed E-state index contributed by atoms with van der Waals surface area (Å²) < 4.78 is 5.17. The first-order valence-electron chi connectivity index (χ1n) is 15.1. The summed E-state index contributed by atoms with van der Waals surface area (Å²) in [6.45, 7) is 5.10. The van der Waals surface area contributed by atoms with Gasteiger partial charge in [-0.05, 0) is 56.0 Å². The van der Waals surface area contributed by atoms with E-state index in [1.165, 1.54) is 16.7 Å². The van der Waals surface area contributed by atoms with Gasteiger partial charge in [-0.25, -0.2) is 0 Å². The minimum absolute atomic E-state index is 0.243. The predicted octanol–water partition coefficient (Wildman–Crippen LogP) is 3.68. The van der Waals surface area contributed by atoms with Crippen LogP contribution in [-0.4, -0.2) is 69.7 Å². The van der Waals surface area contributed by atoms with Crippen LogP contribution in [0.1, 0.15) is 53.4 Å². The number of anilines is 1. The van der Waals surface area contributed by atoms with Crippen molar-refractivity contribution in [2.45, 2.75) is 62.1 Å². The van der Waals surface area contributed by atoms with Crippen molar-refractivity contribution in [3.05, 3.63) is 95.1 Å². The maximum atomic E-state index is 14.1. The molecule has 10 heteroatoms. The smallest absolute Gasteiger partial charge is 0.254 e. The van der Waals surface area contributed by atoms with E-state index >= 15 is 0 Å². The fourth-order valence-electron chi connectivity index (χ4n) is 6.41. The summed E-state index contributed by atoms with van der Waals surface area (Å²) in [5, 5.41) is 21.1. The zero-order valence-electron chi connectivity index (χ0n) is 24.9. The van der Waals surface area contributed by atoms with Crippen molar-refractivity contribution in [2.24, 2.45) is 0 Å². The average molecular weight is 615 g/mol. The van der Waals surface area contributed by atoms with Crippen molar-refractivity contribution in [3.63, 3.8) is 0 Å². The molecule has 1 fully saturated rings. The second-order valence-corrected chi connectivity index (χ2v) is 13.6. The molecule has 3 aliphatic heterocycles. The number of amides is 3. The summed E-state index contributed by atoms with van der Waals surface area (Å²) in [4.78, 5) is 43.0. The molecule has 1 saturated heterocycles. The number of nitrogens with one attached hydrogen (secondary N) is 3. The molecule has 0 saturated carbocycles. The number of para-hydroxylation sites is 1. The number of nitrogens with zero attached hydrogens (tertiary/aromatic N) is 1. The molecule has 0 radical (unpaired) electrons. The van der Waals surface area contributed by atoms with E-state index in [1.807, 2.05) is 80.6 Å². The summed E-state index contributed by atoms with van der Waals surface area (Å²) in [6, 6.07) is 20.6. The van der Waals surface area contributed by atoms with E-state index in [0.29, 0.717) is 18.6 Å². The number of benzene rings is 3. The topological polar surface area (TPSA) is 120 Å². The van der Waals surface area contributed by atoms with E-state index in [2.05, 4.69) is 16.0 Å². The van der Waals surface area contributed by atoms with Crippen molar-refractivity contribution in [1.29, 1.82) is 0 Å². The van der Waals surface area contributed by atoms with E-state index in [1.54, 1.807) is 6.07 Å². The third-order valence-electron chi connectivity index (χ3n) is 8.71. The molecule has 230 valence electrons. The molecule has 0 spiro atoms.